The number of hydrogen-bond donors (Lipinski definition) is 1. The molecule has 0 fully saturated rings. The van der Waals surface area contributed by atoms with Crippen molar-refractivity contribution < 1.29 is 4.79 Å². The van der Waals surface area contributed by atoms with Crippen LogP contribution >= 0.6 is 0 Å². The van der Waals surface area contributed by atoms with Gasteiger partial charge in [0.05, 0.1) is 0 Å². The molecule has 0 spiro atoms. The molecular weight excluding hydrogens is 234 g/mol. The first-order valence-corrected chi connectivity index (χ1v) is 7.53. The van der Waals surface area contributed by atoms with Crippen LogP contribution in [-0.4, -0.2) is 12.5 Å². The molecule has 1 amide bonds. The highest BCUT2D eigenvalue weighted by Crippen LogP contribution is 2.07. The third-order valence-electron chi connectivity index (χ3n) is 3.41. The standard InChI is InChI=1S/C17H27NO/c1-3-4-9-15(2)14-18-17(19)13-8-12-16-10-6-5-7-11-16/h5-7,10-11,15H,3-4,8-9,12-14H2,1-2H3,(H,18,19)/t15-/m0/s1. The molecule has 0 aliphatic heterocycles. The minimum atomic E-state index is 0.194. The molecule has 1 aromatic carbocycles. The molecule has 0 heterocycles. The van der Waals surface area contributed by atoms with Crippen molar-refractivity contribution in [3.05, 3.63) is 35.9 Å². The first-order chi connectivity index (χ1) is 9.22. The van der Waals surface area contributed by atoms with Crippen molar-refractivity contribution in [2.45, 2.75) is 52.4 Å². The van der Waals surface area contributed by atoms with E-state index in [1.54, 1.807) is 0 Å². The van der Waals surface area contributed by atoms with Gasteiger partial charge >= 0.3 is 0 Å². The molecule has 106 valence electrons. The zero-order valence-corrected chi connectivity index (χ0v) is 12.3. The lowest BCUT2D eigenvalue weighted by Crippen LogP contribution is -2.28. The van der Waals surface area contributed by atoms with Crippen LogP contribution in [0.25, 0.3) is 0 Å². The van der Waals surface area contributed by atoms with E-state index in [9.17, 15) is 4.79 Å². The second-order valence-electron chi connectivity index (χ2n) is 5.39. The van der Waals surface area contributed by atoms with Gasteiger partial charge in [0.25, 0.3) is 0 Å². The third-order valence-corrected chi connectivity index (χ3v) is 3.41. The number of nitrogens with one attached hydrogen (secondary N) is 1. The number of carbonyl (C=O) groups is 1. The Balaban J connectivity index is 2.08. The normalized spacial score (nSPS) is 12.1. The zero-order valence-electron chi connectivity index (χ0n) is 12.3. The minimum Gasteiger partial charge on any atom is -0.356 e. The minimum absolute atomic E-state index is 0.194. The Kier molecular flexibility index (Phi) is 7.95. The Morgan fingerprint density at radius 2 is 1.95 bits per heavy atom. The van der Waals surface area contributed by atoms with E-state index in [1.165, 1.54) is 24.8 Å². The summed E-state index contributed by atoms with van der Waals surface area (Å²) >= 11 is 0. The number of carbonyl (C=O) groups excluding carboxylic acids is 1. The number of aryl methyl sites for hydroxylation is 1. The van der Waals surface area contributed by atoms with Crippen molar-refractivity contribution in [3.63, 3.8) is 0 Å². The lowest BCUT2D eigenvalue weighted by Gasteiger charge is -2.12. The van der Waals surface area contributed by atoms with Gasteiger partial charge in [-0.3, -0.25) is 4.79 Å². The fourth-order valence-electron chi connectivity index (χ4n) is 2.13. The summed E-state index contributed by atoms with van der Waals surface area (Å²) in [4.78, 5) is 11.7. The molecule has 0 bridgehead atoms. The van der Waals surface area contributed by atoms with E-state index < -0.39 is 0 Å². The number of hydrogen-bond acceptors (Lipinski definition) is 1. The molecule has 0 aromatic heterocycles. The number of rotatable bonds is 9. The maximum Gasteiger partial charge on any atom is 0.220 e. The molecule has 0 saturated carbocycles. The average molecular weight is 261 g/mol. The SMILES string of the molecule is CCCC[C@H](C)CNC(=O)CCCc1ccccc1. The number of benzene rings is 1. The fraction of sp³-hybridized carbons (Fsp3) is 0.588. The summed E-state index contributed by atoms with van der Waals surface area (Å²) in [5.74, 6) is 0.789. The van der Waals surface area contributed by atoms with Crippen LogP contribution in [0.15, 0.2) is 30.3 Å². The zero-order chi connectivity index (χ0) is 13.9. The van der Waals surface area contributed by atoms with E-state index in [2.05, 4.69) is 31.3 Å². The number of unbranched alkanes of at least 4 members (excludes halogenated alkanes) is 1. The van der Waals surface area contributed by atoms with E-state index in [4.69, 9.17) is 0 Å². The molecule has 0 saturated heterocycles. The second kappa shape index (κ2) is 9.60. The van der Waals surface area contributed by atoms with Gasteiger partial charge in [-0.25, -0.2) is 0 Å². The summed E-state index contributed by atoms with van der Waals surface area (Å²) < 4.78 is 0. The lowest BCUT2D eigenvalue weighted by atomic mass is 10.0. The molecule has 2 nitrogen and oxygen atoms in total. The van der Waals surface area contributed by atoms with Crippen LogP contribution in [0, 0.1) is 5.92 Å². The van der Waals surface area contributed by atoms with Gasteiger partial charge in [0.2, 0.25) is 5.91 Å². The molecule has 0 aliphatic rings. The second-order valence-corrected chi connectivity index (χ2v) is 5.39. The van der Waals surface area contributed by atoms with Crippen molar-refractivity contribution in [3.8, 4) is 0 Å². The van der Waals surface area contributed by atoms with Gasteiger partial charge in [0.15, 0.2) is 0 Å². The maximum atomic E-state index is 11.7. The van der Waals surface area contributed by atoms with Crippen LogP contribution in [0.2, 0.25) is 0 Å². The highest BCUT2D eigenvalue weighted by Gasteiger charge is 2.05. The lowest BCUT2D eigenvalue weighted by molar-refractivity contribution is -0.121. The molecule has 1 aromatic rings. The van der Waals surface area contributed by atoms with Crippen LogP contribution in [-0.2, 0) is 11.2 Å². The molecular formula is C17H27NO. The van der Waals surface area contributed by atoms with Crippen molar-refractivity contribution in [1.82, 2.24) is 5.32 Å². The Morgan fingerprint density at radius 3 is 2.63 bits per heavy atom. The maximum absolute atomic E-state index is 11.7. The summed E-state index contributed by atoms with van der Waals surface area (Å²) in [5.41, 5.74) is 1.31. The molecule has 2 heteroatoms. The average Bonchev–Trinajstić information content (AvgIpc) is 2.44. The van der Waals surface area contributed by atoms with Gasteiger partial charge in [-0.1, -0.05) is 57.0 Å². The van der Waals surface area contributed by atoms with Crippen LogP contribution in [0.5, 0.6) is 0 Å². The summed E-state index contributed by atoms with van der Waals surface area (Å²) in [6, 6.07) is 10.3. The molecule has 0 unspecified atom stereocenters. The molecule has 1 N–H and O–H groups in total. The first-order valence-electron chi connectivity index (χ1n) is 7.53. The van der Waals surface area contributed by atoms with Crippen LogP contribution < -0.4 is 5.32 Å². The third kappa shape index (κ3) is 7.66. The molecule has 0 aliphatic carbocycles. The van der Waals surface area contributed by atoms with Gasteiger partial charge in [0, 0.05) is 13.0 Å². The fourth-order valence-corrected chi connectivity index (χ4v) is 2.13. The Hall–Kier alpha value is -1.31. The van der Waals surface area contributed by atoms with Gasteiger partial charge in [0.1, 0.15) is 0 Å². The molecule has 1 rings (SSSR count). The van der Waals surface area contributed by atoms with Gasteiger partial charge in [-0.2, -0.15) is 0 Å². The van der Waals surface area contributed by atoms with Crippen molar-refractivity contribution in [1.29, 1.82) is 0 Å². The summed E-state index contributed by atoms with van der Waals surface area (Å²) in [5, 5.41) is 3.04. The van der Waals surface area contributed by atoms with Gasteiger partial charge < -0.3 is 5.32 Å². The van der Waals surface area contributed by atoms with E-state index in [-0.39, 0.29) is 5.91 Å². The van der Waals surface area contributed by atoms with E-state index >= 15 is 0 Å². The van der Waals surface area contributed by atoms with E-state index in [0.717, 1.165) is 19.4 Å². The van der Waals surface area contributed by atoms with Gasteiger partial charge in [-0.05, 0) is 30.7 Å². The predicted octanol–water partition coefficient (Wildman–Crippen LogP) is 3.95. The first kappa shape index (κ1) is 15.7. The van der Waals surface area contributed by atoms with Crippen molar-refractivity contribution >= 4 is 5.91 Å². The van der Waals surface area contributed by atoms with Crippen molar-refractivity contribution in [2.75, 3.05) is 6.54 Å². The predicted molar refractivity (Wildman–Crippen MR) is 81.1 cm³/mol. The van der Waals surface area contributed by atoms with Crippen LogP contribution in [0.3, 0.4) is 0 Å². The number of amides is 1. The summed E-state index contributed by atoms with van der Waals surface area (Å²) in [6.07, 6.45) is 6.25. The van der Waals surface area contributed by atoms with Gasteiger partial charge in [-0.15, -0.1) is 0 Å². The molecule has 19 heavy (non-hydrogen) atoms. The van der Waals surface area contributed by atoms with E-state index in [1.807, 2.05) is 18.2 Å². The van der Waals surface area contributed by atoms with Crippen LogP contribution in [0.4, 0.5) is 0 Å². The highest BCUT2D eigenvalue weighted by molar-refractivity contribution is 5.75. The molecule has 0 radical (unpaired) electrons. The Morgan fingerprint density at radius 1 is 1.21 bits per heavy atom. The highest BCUT2D eigenvalue weighted by atomic mass is 16.1. The van der Waals surface area contributed by atoms with Crippen LogP contribution in [0.1, 0.15) is 51.5 Å². The van der Waals surface area contributed by atoms with Crippen molar-refractivity contribution in [2.24, 2.45) is 5.92 Å². The quantitative estimate of drug-likeness (QED) is 0.716. The Bertz CT molecular complexity index is 348. The molecule has 1 atom stereocenters. The largest absolute Gasteiger partial charge is 0.356 e. The monoisotopic (exact) mass is 261 g/mol. The Labute approximate surface area is 117 Å². The van der Waals surface area contributed by atoms with E-state index in [0.29, 0.717) is 12.3 Å². The topological polar surface area (TPSA) is 29.1 Å². The summed E-state index contributed by atoms with van der Waals surface area (Å²) in [7, 11) is 0. The smallest absolute Gasteiger partial charge is 0.220 e. The summed E-state index contributed by atoms with van der Waals surface area (Å²) in [6.45, 7) is 5.24.